The highest BCUT2D eigenvalue weighted by molar-refractivity contribution is 9.10. The Morgan fingerprint density at radius 1 is 1.36 bits per heavy atom. The predicted molar refractivity (Wildman–Crippen MR) is 102 cm³/mol. The van der Waals surface area contributed by atoms with E-state index in [0.717, 1.165) is 47.2 Å². The molecule has 1 aromatic heterocycles. The third-order valence-corrected chi connectivity index (χ3v) is 5.99. The molecule has 25 heavy (non-hydrogen) atoms. The van der Waals surface area contributed by atoms with E-state index in [2.05, 4.69) is 62.8 Å². The van der Waals surface area contributed by atoms with E-state index in [1.165, 1.54) is 11.3 Å². The molecule has 2 heterocycles. The summed E-state index contributed by atoms with van der Waals surface area (Å²) in [6.45, 7) is 6.08. The van der Waals surface area contributed by atoms with Crippen LogP contribution in [0.5, 0.6) is 0 Å². The van der Waals surface area contributed by atoms with Gasteiger partial charge in [0.2, 0.25) is 0 Å². The number of nitrogens with two attached hydrogens (primary N) is 1. The molecule has 1 aliphatic carbocycles. The van der Waals surface area contributed by atoms with Crippen molar-refractivity contribution in [3.05, 3.63) is 34.1 Å². The first-order chi connectivity index (χ1) is 11.9. The maximum Gasteiger partial charge on any atom is 0.131 e. The second kappa shape index (κ2) is 5.70. The molecule has 0 spiro atoms. The molecule has 0 bridgehead atoms. The summed E-state index contributed by atoms with van der Waals surface area (Å²) in [6, 6.07) is 6.60. The van der Waals surface area contributed by atoms with E-state index in [1.807, 2.05) is 0 Å². The van der Waals surface area contributed by atoms with Crippen molar-refractivity contribution >= 4 is 27.4 Å². The number of aromatic nitrogens is 2. The van der Waals surface area contributed by atoms with Crippen molar-refractivity contribution in [2.24, 2.45) is 5.92 Å². The van der Waals surface area contributed by atoms with Crippen molar-refractivity contribution in [2.45, 2.75) is 32.1 Å². The van der Waals surface area contributed by atoms with Gasteiger partial charge in [0.05, 0.1) is 23.4 Å². The number of hydrogen-bond acceptors (Lipinski definition) is 5. The lowest BCUT2D eigenvalue weighted by atomic mass is 9.71. The van der Waals surface area contributed by atoms with Crippen molar-refractivity contribution in [1.82, 2.24) is 9.97 Å². The first-order valence-electron chi connectivity index (χ1n) is 8.49. The molecule has 1 unspecified atom stereocenters. The van der Waals surface area contributed by atoms with Gasteiger partial charge in [0.1, 0.15) is 12.1 Å². The Morgan fingerprint density at radius 2 is 2.16 bits per heavy atom. The van der Waals surface area contributed by atoms with E-state index in [0.29, 0.717) is 5.82 Å². The molecule has 2 aliphatic rings. The largest absolute Gasteiger partial charge is 0.383 e. The fourth-order valence-electron chi connectivity index (χ4n) is 4.22. The zero-order valence-corrected chi connectivity index (χ0v) is 16.0. The molecule has 1 aliphatic heterocycles. The van der Waals surface area contributed by atoms with Gasteiger partial charge in [0.15, 0.2) is 0 Å². The molecule has 128 valence electrons. The average molecular weight is 398 g/mol. The van der Waals surface area contributed by atoms with Crippen molar-refractivity contribution in [2.75, 3.05) is 23.7 Å². The second-order valence-electron chi connectivity index (χ2n) is 7.53. The highest BCUT2D eigenvalue weighted by atomic mass is 79.9. The number of hydrogen-bond donors (Lipinski definition) is 1. The van der Waals surface area contributed by atoms with Gasteiger partial charge in [0.25, 0.3) is 0 Å². The summed E-state index contributed by atoms with van der Waals surface area (Å²) in [5, 5.41) is 9.26. The van der Waals surface area contributed by atoms with E-state index < -0.39 is 0 Å². The molecule has 2 aromatic rings. The zero-order chi connectivity index (χ0) is 17.8. The number of nitriles is 1. The predicted octanol–water partition coefficient (Wildman–Crippen LogP) is 3.67. The van der Waals surface area contributed by atoms with Crippen LogP contribution in [0.1, 0.15) is 31.4 Å². The van der Waals surface area contributed by atoms with E-state index in [4.69, 9.17) is 5.73 Å². The smallest absolute Gasteiger partial charge is 0.131 e. The molecule has 1 fully saturated rings. The topological polar surface area (TPSA) is 78.8 Å². The third kappa shape index (κ3) is 2.49. The lowest BCUT2D eigenvalue weighted by Crippen LogP contribution is -2.31. The Kier molecular flexibility index (Phi) is 3.73. The van der Waals surface area contributed by atoms with Crippen molar-refractivity contribution in [3.8, 4) is 17.3 Å². The normalized spacial score (nSPS) is 20.7. The molecule has 0 saturated carbocycles. The number of fused-ring (bicyclic) bond motifs is 3. The quantitative estimate of drug-likeness (QED) is 0.793. The molecular formula is C19H20BrN5. The maximum absolute atomic E-state index is 9.26. The third-order valence-electron chi connectivity index (χ3n) is 5.35. The fraction of sp³-hybridized carbons (Fsp3) is 0.421. The minimum atomic E-state index is -0.141. The first-order valence-corrected chi connectivity index (χ1v) is 9.29. The molecule has 2 N–H and O–H groups in total. The summed E-state index contributed by atoms with van der Waals surface area (Å²) in [5.74, 6) is 0.667. The summed E-state index contributed by atoms with van der Waals surface area (Å²) in [6.07, 6.45) is 3.33. The standard InChI is InChI=1S/C19H20BrN5/c1-19(2)7-13-12(16-15(19)18(22)24-10-23-16)3-4-14(20)17(13)25-6-5-11(8-21)9-25/h3-4,10-11H,5-7,9H2,1-2H3,(H2,22,23,24). The van der Waals surface area contributed by atoms with E-state index >= 15 is 0 Å². The number of nitrogen functional groups attached to an aromatic ring is 1. The minimum absolute atomic E-state index is 0.101. The Balaban J connectivity index is 1.93. The van der Waals surface area contributed by atoms with Crippen LogP contribution in [0.15, 0.2) is 22.9 Å². The van der Waals surface area contributed by atoms with E-state index in [1.54, 1.807) is 6.33 Å². The molecule has 0 amide bonds. The van der Waals surface area contributed by atoms with Crippen LogP contribution < -0.4 is 10.6 Å². The summed E-state index contributed by atoms with van der Waals surface area (Å²) >= 11 is 3.74. The number of halogens is 1. The van der Waals surface area contributed by atoms with Gasteiger partial charge in [0, 0.05) is 28.7 Å². The summed E-state index contributed by atoms with van der Waals surface area (Å²) in [7, 11) is 0. The lowest BCUT2D eigenvalue weighted by Gasteiger charge is -2.36. The molecule has 5 nitrogen and oxygen atoms in total. The monoisotopic (exact) mass is 397 g/mol. The second-order valence-corrected chi connectivity index (χ2v) is 8.38. The summed E-state index contributed by atoms with van der Waals surface area (Å²) < 4.78 is 1.08. The maximum atomic E-state index is 9.26. The van der Waals surface area contributed by atoms with Gasteiger partial charge in [-0.05, 0) is 45.8 Å². The van der Waals surface area contributed by atoms with E-state index in [9.17, 15) is 5.26 Å². The van der Waals surface area contributed by atoms with Gasteiger partial charge >= 0.3 is 0 Å². The fourth-order valence-corrected chi connectivity index (χ4v) is 4.84. The van der Waals surface area contributed by atoms with Gasteiger partial charge in [-0.1, -0.05) is 19.9 Å². The van der Waals surface area contributed by atoms with Crippen LogP contribution in [0.4, 0.5) is 11.5 Å². The lowest BCUT2D eigenvalue weighted by molar-refractivity contribution is 0.514. The Bertz CT molecular complexity index is 899. The van der Waals surface area contributed by atoms with Gasteiger partial charge in [-0.3, -0.25) is 0 Å². The van der Waals surface area contributed by atoms with Crippen LogP contribution in [0.2, 0.25) is 0 Å². The average Bonchev–Trinajstić information content (AvgIpc) is 3.02. The Hall–Kier alpha value is -2.13. The molecule has 1 aromatic carbocycles. The Morgan fingerprint density at radius 3 is 2.88 bits per heavy atom. The van der Waals surface area contributed by atoms with Gasteiger partial charge in [-0.2, -0.15) is 5.26 Å². The van der Waals surface area contributed by atoms with Crippen molar-refractivity contribution in [1.29, 1.82) is 5.26 Å². The van der Waals surface area contributed by atoms with Crippen LogP contribution in [0.3, 0.4) is 0 Å². The Labute approximate surface area is 156 Å². The van der Waals surface area contributed by atoms with E-state index in [-0.39, 0.29) is 11.3 Å². The van der Waals surface area contributed by atoms with Crippen LogP contribution in [-0.4, -0.2) is 23.1 Å². The molecular weight excluding hydrogens is 378 g/mol. The van der Waals surface area contributed by atoms with Crippen LogP contribution in [0, 0.1) is 17.2 Å². The van der Waals surface area contributed by atoms with Crippen molar-refractivity contribution < 1.29 is 0 Å². The summed E-state index contributed by atoms with van der Waals surface area (Å²) in [4.78, 5) is 11.1. The van der Waals surface area contributed by atoms with Gasteiger partial charge < -0.3 is 10.6 Å². The number of rotatable bonds is 1. The zero-order valence-electron chi connectivity index (χ0n) is 14.4. The van der Waals surface area contributed by atoms with Crippen LogP contribution in [0.25, 0.3) is 11.3 Å². The molecule has 0 radical (unpaired) electrons. The van der Waals surface area contributed by atoms with Crippen molar-refractivity contribution in [3.63, 3.8) is 0 Å². The number of benzene rings is 1. The van der Waals surface area contributed by atoms with Gasteiger partial charge in [-0.25, -0.2) is 9.97 Å². The molecule has 1 saturated heterocycles. The number of anilines is 2. The first kappa shape index (κ1) is 16.3. The highest BCUT2D eigenvalue weighted by Gasteiger charge is 2.37. The number of nitrogens with zero attached hydrogens (tertiary/aromatic N) is 4. The molecule has 1 atom stereocenters. The SMILES string of the molecule is CC1(C)Cc2c(ccc(Br)c2N2CCC(C#N)C2)-c2ncnc(N)c21. The highest BCUT2D eigenvalue weighted by Crippen LogP contribution is 2.49. The molecule has 6 heteroatoms. The molecule has 4 rings (SSSR count). The van der Waals surface area contributed by atoms with Crippen LogP contribution in [-0.2, 0) is 11.8 Å². The van der Waals surface area contributed by atoms with Gasteiger partial charge in [-0.15, -0.1) is 0 Å². The van der Waals surface area contributed by atoms with Crippen LogP contribution >= 0.6 is 15.9 Å². The minimum Gasteiger partial charge on any atom is -0.383 e. The summed E-state index contributed by atoms with van der Waals surface area (Å²) in [5.41, 5.74) is 11.6.